The van der Waals surface area contributed by atoms with E-state index in [1.807, 2.05) is 17.0 Å². The van der Waals surface area contributed by atoms with Crippen LogP contribution in [0.15, 0.2) is 41.0 Å². The zero-order chi connectivity index (χ0) is 19.2. The Bertz CT molecular complexity index is 757. The lowest BCUT2D eigenvalue weighted by Gasteiger charge is -2.34. The third-order valence-corrected chi connectivity index (χ3v) is 4.69. The van der Waals surface area contributed by atoms with Crippen LogP contribution in [0.3, 0.4) is 0 Å². The summed E-state index contributed by atoms with van der Waals surface area (Å²) in [6, 6.07) is 8.98. The highest BCUT2D eigenvalue weighted by Crippen LogP contribution is 2.23. The van der Waals surface area contributed by atoms with Crippen molar-refractivity contribution in [1.29, 1.82) is 0 Å². The van der Waals surface area contributed by atoms with E-state index in [0.717, 1.165) is 5.56 Å². The van der Waals surface area contributed by atoms with Crippen molar-refractivity contribution in [3.63, 3.8) is 0 Å². The van der Waals surface area contributed by atoms with Gasteiger partial charge in [0.1, 0.15) is 11.5 Å². The Morgan fingerprint density at radius 2 is 1.63 bits per heavy atom. The first-order chi connectivity index (χ1) is 13.1. The Kier molecular flexibility index (Phi) is 6.01. The molecule has 0 N–H and O–H groups in total. The fourth-order valence-corrected chi connectivity index (χ4v) is 3.14. The molecule has 0 radical (unpaired) electrons. The largest absolute Gasteiger partial charge is 0.497 e. The predicted molar refractivity (Wildman–Crippen MR) is 99.1 cm³/mol. The molecule has 1 fully saturated rings. The minimum absolute atomic E-state index is 0.0851. The number of nitrogens with zero attached hydrogens (tertiary/aromatic N) is 2. The van der Waals surface area contributed by atoms with Crippen molar-refractivity contribution in [2.24, 2.45) is 0 Å². The van der Waals surface area contributed by atoms with Crippen LogP contribution in [-0.2, 0) is 11.2 Å². The predicted octanol–water partition coefficient (Wildman–Crippen LogP) is 2.21. The van der Waals surface area contributed by atoms with E-state index in [9.17, 15) is 9.59 Å². The van der Waals surface area contributed by atoms with Gasteiger partial charge in [-0.2, -0.15) is 0 Å². The van der Waals surface area contributed by atoms with Crippen molar-refractivity contribution in [3.8, 4) is 11.5 Å². The number of benzene rings is 1. The molecule has 1 aliphatic heterocycles. The second kappa shape index (κ2) is 8.62. The van der Waals surface area contributed by atoms with Crippen LogP contribution in [-0.4, -0.2) is 62.0 Å². The fourth-order valence-electron chi connectivity index (χ4n) is 3.14. The molecule has 0 unspecified atom stereocenters. The minimum atomic E-state index is -0.129. The number of piperazine rings is 1. The monoisotopic (exact) mass is 372 g/mol. The van der Waals surface area contributed by atoms with Gasteiger partial charge in [0.05, 0.1) is 20.5 Å². The Balaban J connectivity index is 1.50. The quantitative estimate of drug-likeness (QED) is 0.777. The van der Waals surface area contributed by atoms with Crippen LogP contribution in [0.4, 0.5) is 0 Å². The van der Waals surface area contributed by atoms with Crippen LogP contribution >= 0.6 is 0 Å². The first-order valence-corrected chi connectivity index (χ1v) is 8.93. The highest BCUT2D eigenvalue weighted by Gasteiger charge is 2.25. The van der Waals surface area contributed by atoms with Gasteiger partial charge in [0.25, 0.3) is 5.91 Å². The topological polar surface area (TPSA) is 72.2 Å². The summed E-state index contributed by atoms with van der Waals surface area (Å²) < 4.78 is 15.7. The minimum Gasteiger partial charge on any atom is -0.497 e. The summed E-state index contributed by atoms with van der Waals surface area (Å²) in [5, 5.41) is 0. The maximum atomic E-state index is 12.5. The molecule has 0 spiro atoms. The number of hydrogen-bond acceptors (Lipinski definition) is 5. The van der Waals surface area contributed by atoms with E-state index >= 15 is 0 Å². The number of methoxy groups -OCH3 is 2. The van der Waals surface area contributed by atoms with Gasteiger partial charge in [0, 0.05) is 38.7 Å². The fraction of sp³-hybridized carbons (Fsp3) is 0.400. The summed E-state index contributed by atoms with van der Waals surface area (Å²) in [6.07, 6.45) is 2.50. The molecule has 0 atom stereocenters. The molecular weight excluding hydrogens is 348 g/mol. The van der Waals surface area contributed by atoms with Crippen LogP contribution in [0.1, 0.15) is 22.5 Å². The van der Waals surface area contributed by atoms with Gasteiger partial charge >= 0.3 is 0 Å². The number of carbonyl (C=O) groups excluding carboxylic acids is 2. The molecule has 1 aliphatic rings. The highest BCUT2D eigenvalue weighted by atomic mass is 16.5. The first-order valence-electron chi connectivity index (χ1n) is 8.93. The van der Waals surface area contributed by atoms with Crippen LogP contribution in [0.25, 0.3) is 0 Å². The highest BCUT2D eigenvalue weighted by molar-refractivity contribution is 5.91. The van der Waals surface area contributed by atoms with E-state index in [1.54, 1.807) is 37.3 Å². The Hall–Kier alpha value is -2.96. The summed E-state index contributed by atoms with van der Waals surface area (Å²) in [4.78, 5) is 28.3. The molecule has 1 saturated heterocycles. The molecule has 2 aromatic rings. The second-order valence-corrected chi connectivity index (χ2v) is 6.37. The van der Waals surface area contributed by atoms with E-state index in [4.69, 9.17) is 13.9 Å². The first kappa shape index (κ1) is 18.8. The van der Waals surface area contributed by atoms with Crippen molar-refractivity contribution in [2.45, 2.75) is 12.8 Å². The number of hydrogen-bond donors (Lipinski definition) is 0. The maximum Gasteiger partial charge on any atom is 0.289 e. The van der Waals surface area contributed by atoms with Gasteiger partial charge < -0.3 is 23.7 Å². The summed E-state index contributed by atoms with van der Waals surface area (Å²) in [6.45, 7) is 2.09. The number of amides is 2. The molecule has 3 rings (SSSR count). The summed E-state index contributed by atoms with van der Waals surface area (Å²) in [5.74, 6) is 1.71. The van der Waals surface area contributed by atoms with Crippen molar-refractivity contribution in [2.75, 3.05) is 40.4 Å². The maximum absolute atomic E-state index is 12.5. The second-order valence-electron chi connectivity index (χ2n) is 6.37. The Morgan fingerprint density at radius 1 is 1.00 bits per heavy atom. The van der Waals surface area contributed by atoms with Gasteiger partial charge in [0.2, 0.25) is 5.91 Å². The molecule has 7 heteroatoms. The van der Waals surface area contributed by atoms with E-state index in [2.05, 4.69) is 0 Å². The Morgan fingerprint density at radius 3 is 2.19 bits per heavy atom. The molecule has 0 saturated carbocycles. The van der Waals surface area contributed by atoms with Crippen molar-refractivity contribution in [3.05, 3.63) is 47.9 Å². The lowest BCUT2D eigenvalue weighted by molar-refractivity contribution is -0.132. The summed E-state index contributed by atoms with van der Waals surface area (Å²) >= 11 is 0. The number of carbonyl (C=O) groups is 2. The van der Waals surface area contributed by atoms with Gasteiger partial charge in [0.15, 0.2) is 5.76 Å². The number of ether oxygens (including phenoxy) is 2. The van der Waals surface area contributed by atoms with E-state index in [-0.39, 0.29) is 11.8 Å². The zero-order valence-corrected chi connectivity index (χ0v) is 15.6. The average Bonchev–Trinajstić information content (AvgIpc) is 3.26. The molecular formula is C20H24N2O5. The molecule has 1 aromatic heterocycles. The van der Waals surface area contributed by atoms with Crippen LogP contribution in [0, 0.1) is 0 Å². The number of aryl methyl sites for hydroxylation is 1. The molecule has 144 valence electrons. The lowest BCUT2D eigenvalue weighted by Crippen LogP contribution is -2.50. The Labute approximate surface area is 158 Å². The van der Waals surface area contributed by atoms with Crippen molar-refractivity contribution in [1.82, 2.24) is 9.80 Å². The SMILES string of the molecule is COc1cc(CCC(=O)N2CCN(C(=O)c3ccco3)CC2)cc(OC)c1. The number of furan rings is 1. The summed E-state index contributed by atoms with van der Waals surface area (Å²) in [7, 11) is 3.21. The van der Waals surface area contributed by atoms with E-state index < -0.39 is 0 Å². The van der Waals surface area contributed by atoms with Gasteiger partial charge in [-0.3, -0.25) is 9.59 Å². The number of rotatable bonds is 6. The standard InChI is InChI=1S/C20H24N2O5/c1-25-16-12-15(13-17(14-16)26-2)5-6-19(23)21-7-9-22(10-8-21)20(24)18-4-3-11-27-18/h3-4,11-14H,5-10H2,1-2H3. The molecule has 27 heavy (non-hydrogen) atoms. The van der Waals surface area contributed by atoms with Crippen LogP contribution in [0.2, 0.25) is 0 Å². The average molecular weight is 372 g/mol. The van der Waals surface area contributed by atoms with Crippen molar-refractivity contribution < 1.29 is 23.5 Å². The molecule has 2 heterocycles. The molecule has 7 nitrogen and oxygen atoms in total. The van der Waals surface area contributed by atoms with E-state index in [0.29, 0.717) is 56.3 Å². The molecule has 1 aromatic carbocycles. The van der Waals surface area contributed by atoms with E-state index in [1.165, 1.54) is 6.26 Å². The van der Waals surface area contributed by atoms with Gasteiger partial charge in [-0.1, -0.05) is 0 Å². The molecule has 0 aliphatic carbocycles. The van der Waals surface area contributed by atoms with Gasteiger partial charge in [-0.15, -0.1) is 0 Å². The lowest BCUT2D eigenvalue weighted by atomic mass is 10.1. The van der Waals surface area contributed by atoms with Gasteiger partial charge in [-0.25, -0.2) is 0 Å². The van der Waals surface area contributed by atoms with Crippen LogP contribution in [0.5, 0.6) is 11.5 Å². The third kappa shape index (κ3) is 4.61. The smallest absolute Gasteiger partial charge is 0.289 e. The summed E-state index contributed by atoms with van der Waals surface area (Å²) in [5.41, 5.74) is 0.992. The normalized spacial score (nSPS) is 14.1. The molecule has 0 bridgehead atoms. The van der Waals surface area contributed by atoms with Gasteiger partial charge in [-0.05, 0) is 36.2 Å². The zero-order valence-electron chi connectivity index (χ0n) is 15.6. The van der Waals surface area contributed by atoms with Crippen LogP contribution < -0.4 is 9.47 Å². The van der Waals surface area contributed by atoms with Crippen molar-refractivity contribution >= 4 is 11.8 Å². The third-order valence-electron chi connectivity index (χ3n) is 4.69. The molecule has 2 amide bonds.